The van der Waals surface area contributed by atoms with Crippen molar-refractivity contribution in [3.63, 3.8) is 0 Å². The molecule has 4 heteroatoms. The Morgan fingerprint density at radius 1 is 1.36 bits per heavy atom. The molecule has 2 aromatic rings. The fraction of sp³-hybridized carbons (Fsp3) is 0.200. The van der Waals surface area contributed by atoms with Crippen LogP contribution in [0.4, 0.5) is 4.39 Å². The SMILES string of the molecule is Cc1noc(C)c1-c1ncccc1F. The van der Waals surface area contributed by atoms with E-state index >= 15 is 0 Å². The summed E-state index contributed by atoms with van der Waals surface area (Å²) < 4.78 is 18.3. The Morgan fingerprint density at radius 2 is 2.14 bits per heavy atom. The molecule has 0 N–H and O–H groups in total. The molecule has 0 aromatic carbocycles. The van der Waals surface area contributed by atoms with Gasteiger partial charge in [-0.25, -0.2) is 4.39 Å². The lowest BCUT2D eigenvalue weighted by Gasteiger charge is -1.99. The van der Waals surface area contributed by atoms with Gasteiger partial charge in [0.25, 0.3) is 0 Å². The zero-order valence-corrected chi connectivity index (χ0v) is 7.91. The Balaban J connectivity index is 2.66. The number of halogens is 1. The molecule has 0 atom stereocenters. The van der Waals surface area contributed by atoms with Crippen molar-refractivity contribution in [3.8, 4) is 11.3 Å². The molecule has 0 saturated carbocycles. The first kappa shape index (κ1) is 8.87. The average molecular weight is 192 g/mol. The lowest BCUT2D eigenvalue weighted by Crippen LogP contribution is -1.90. The number of hydrogen-bond donors (Lipinski definition) is 0. The quantitative estimate of drug-likeness (QED) is 0.696. The second-order valence-electron chi connectivity index (χ2n) is 3.03. The first-order valence-corrected chi connectivity index (χ1v) is 4.24. The van der Waals surface area contributed by atoms with Crippen molar-refractivity contribution in [1.82, 2.24) is 10.1 Å². The van der Waals surface area contributed by atoms with Crippen LogP contribution in [-0.4, -0.2) is 10.1 Å². The van der Waals surface area contributed by atoms with Gasteiger partial charge in [-0.2, -0.15) is 0 Å². The molecule has 0 saturated heterocycles. The topological polar surface area (TPSA) is 38.9 Å². The second kappa shape index (κ2) is 3.21. The van der Waals surface area contributed by atoms with Crippen molar-refractivity contribution < 1.29 is 8.91 Å². The minimum atomic E-state index is -0.359. The van der Waals surface area contributed by atoms with Crippen LogP contribution in [0, 0.1) is 19.7 Å². The summed E-state index contributed by atoms with van der Waals surface area (Å²) in [6, 6.07) is 2.92. The predicted octanol–water partition coefficient (Wildman–Crippen LogP) is 2.49. The van der Waals surface area contributed by atoms with E-state index in [-0.39, 0.29) is 5.82 Å². The highest BCUT2D eigenvalue weighted by atomic mass is 19.1. The van der Waals surface area contributed by atoms with Gasteiger partial charge in [-0.05, 0) is 26.0 Å². The maximum atomic E-state index is 13.4. The van der Waals surface area contributed by atoms with Gasteiger partial charge in [0.05, 0.1) is 11.3 Å². The molecular weight excluding hydrogens is 183 g/mol. The summed E-state index contributed by atoms with van der Waals surface area (Å²) in [4.78, 5) is 3.97. The summed E-state index contributed by atoms with van der Waals surface area (Å²) in [5.41, 5.74) is 1.59. The van der Waals surface area contributed by atoms with Gasteiger partial charge in [-0.3, -0.25) is 4.98 Å². The van der Waals surface area contributed by atoms with Crippen molar-refractivity contribution in [1.29, 1.82) is 0 Å². The van der Waals surface area contributed by atoms with Crippen LogP contribution in [0.3, 0.4) is 0 Å². The number of rotatable bonds is 1. The van der Waals surface area contributed by atoms with Gasteiger partial charge in [0.1, 0.15) is 17.3 Å². The fourth-order valence-corrected chi connectivity index (χ4v) is 1.39. The van der Waals surface area contributed by atoms with E-state index in [1.165, 1.54) is 6.07 Å². The predicted molar refractivity (Wildman–Crippen MR) is 49.2 cm³/mol. The molecule has 0 aliphatic carbocycles. The highest BCUT2D eigenvalue weighted by Gasteiger charge is 2.15. The van der Waals surface area contributed by atoms with Crippen LogP contribution in [0.1, 0.15) is 11.5 Å². The van der Waals surface area contributed by atoms with Gasteiger partial charge in [-0.1, -0.05) is 5.16 Å². The fourth-order valence-electron chi connectivity index (χ4n) is 1.39. The maximum absolute atomic E-state index is 13.4. The molecule has 0 aliphatic rings. The molecule has 0 aliphatic heterocycles. The van der Waals surface area contributed by atoms with E-state index in [9.17, 15) is 4.39 Å². The Morgan fingerprint density at radius 3 is 2.71 bits per heavy atom. The van der Waals surface area contributed by atoms with Crippen molar-refractivity contribution in [2.45, 2.75) is 13.8 Å². The molecule has 2 rings (SSSR count). The molecular formula is C10H9FN2O. The van der Waals surface area contributed by atoms with Gasteiger partial charge < -0.3 is 4.52 Å². The number of pyridine rings is 1. The summed E-state index contributed by atoms with van der Waals surface area (Å²) in [7, 11) is 0. The summed E-state index contributed by atoms with van der Waals surface area (Å²) in [5, 5.41) is 3.75. The summed E-state index contributed by atoms with van der Waals surface area (Å²) >= 11 is 0. The van der Waals surface area contributed by atoms with Crippen LogP contribution in [0.25, 0.3) is 11.3 Å². The number of hydrogen-bond acceptors (Lipinski definition) is 3. The van der Waals surface area contributed by atoms with Crippen LogP contribution in [0.15, 0.2) is 22.9 Å². The van der Waals surface area contributed by atoms with Crippen LogP contribution in [0.5, 0.6) is 0 Å². The second-order valence-corrected chi connectivity index (χ2v) is 3.03. The van der Waals surface area contributed by atoms with Crippen LogP contribution < -0.4 is 0 Å². The first-order valence-electron chi connectivity index (χ1n) is 4.24. The smallest absolute Gasteiger partial charge is 0.149 e. The third kappa shape index (κ3) is 1.28. The highest BCUT2D eigenvalue weighted by Crippen LogP contribution is 2.26. The van der Waals surface area contributed by atoms with E-state index < -0.39 is 0 Å². The molecule has 0 amide bonds. The standard InChI is InChI=1S/C10H9FN2O/c1-6-9(7(2)14-13-6)10-8(11)4-3-5-12-10/h3-5H,1-2H3. The summed E-state index contributed by atoms with van der Waals surface area (Å²) in [6.07, 6.45) is 1.55. The third-order valence-corrected chi connectivity index (χ3v) is 2.03. The lowest BCUT2D eigenvalue weighted by atomic mass is 10.1. The van der Waals surface area contributed by atoms with Gasteiger partial charge in [0, 0.05) is 6.20 Å². The zero-order chi connectivity index (χ0) is 10.1. The molecule has 14 heavy (non-hydrogen) atoms. The van der Waals surface area contributed by atoms with Crippen LogP contribution >= 0.6 is 0 Å². The van der Waals surface area contributed by atoms with Crippen LogP contribution in [-0.2, 0) is 0 Å². The van der Waals surface area contributed by atoms with Gasteiger partial charge in [0.15, 0.2) is 0 Å². The minimum Gasteiger partial charge on any atom is -0.361 e. The Hall–Kier alpha value is -1.71. The van der Waals surface area contributed by atoms with E-state index in [1.54, 1.807) is 26.1 Å². The van der Waals surface area contributed by atoms with Crippen molar-refractivity contribution in [2.75, 3.05) is 0 Å². The molecule has 2 heterocycles. The summed E-state index contributed by atoms with van der Waals surface area (Å²) in [6.45, 7) is 3.50. The van der Waals surface area contributed by atoms with Gasteiger partial charge in [-0.15, -0.1) is 0 Å². The third-order valence-electron chi connectivity index (χ3n) is 2.03. The van der Waals surface area contributed by atoms with Crippen molar-refractivity contribution >= 4 is 0 Å². The molecule has 0 radical (unpaired) electrons. The van der Waals surface area contributed by atoms with Crippen LogP contribution in [0.2, 0.25) is 0 Å². The zero-order valence-electron chi connectivity index (χ0n) is 7.91. The maximum Gasteiger partial charge on any atom is 0.149 e. The van der Waals surface area contributed by atoms with E-state index in [0.29, 0.717) is 22.7 Å². The summed E-state index contributed by atoms with van der Waals surface area (Å²) in [5.74, 6) is 0.224. The van der Waals surface area contributed by atoms with Crippen molar-refractivity contribution in [3.05, 3.63) is 35.6 Å². The molecule has 0 spiro atoms. The van der Waals surface area contributed by atoms with E-state index in [2.05, 4.69) is 10.1 Å². The van der Waals surface area contributed by atoms with Crippen molar-refractivity contribution in [2.24, 2.45) is 0 Å². The van der Waals surface area contributed by atoms with Gasteiger partial charge in [0.2, 0.25) is 0 Å². The minimum absolute atomic E-state index is 0.295. The number of aromatic nitrogens is 2. The highest BCUT2D eigenvalue weighted by molar-refractivity contribution is 5.63. The molecule has 0 unspecified atom stereocenters. The average Bonchev–Trinajstić information content (AvgIpc) is 2.48. The number of aryl methyl sites for hydroxylation is 2. The molecule has 3 nitrogen and oxygen atoms in total. The lowest BCUT2D eigenvalue weighted by molar-refractivity contribution is 0.393. The molecule has 0 bridgehead atoms. The molecule has 72 valence electrons. The first-order chi connectivity index (χ1) is 6.70. The Labute approximate surface area is 80.6 Å². The Kier molecular flexibility index (Phi) is 2.04. The normalized spacial score (nSPS) is 10.5. The monoisotopic (exact) mass is 192 g/mol. The molecule has 2 aromatic heterocycles. The van der Waals surface area contributed by atoms with E-state index in [1.807, 2.05) is 0 Å². The van der Waals surface area contributed by atoms with E-state index in [4.69, 9.17) is 4.52 Å². The largest absolute Gasteiger partial charge is 0.361 e. The Bertz CT molecular complexity index is 445. The van der Waals surface area contributed by atoms with E-state index in [0.717, 1.165) is 0 Å². The number of nitrogens with zero attached hydrogens (tertiary/aromatic N) is 2. The van der Waals surface area contributed by atoms with Gasteiger partial charge >= 0.3 is 0 Å². The molecule has 0 fully saturated rings.